The van der Waals surface area contributed by atoms with Crippen molar-refractivity contribution >= 4 is 0 Å². The van der Waals surface area contributed by atoms with E-state index in [4.69, 9.17) is 0 Å². The second-order valence-corrected chi connectivity index (χ2v) is 4.08. The Hall–Kier alpha value is -1.65. The Bertz CT molecular complexity index is 440. The van der Waals surface area contributed by atoms with Gasteiger partial charge in [-0.25, -0.2) is 0 Å². The standard InChI is InChI=1S/C10H15N5/c1-8(2)6-15-7-11-12-10(15)9-4-5-14(3)13-9/h4-5,7-8H,6H2,1-3H3. The van der Waals surface area contributed by atoms with Gasteiger partial charge in [0.2, 0.25) is 0 Å². The molecule has 0 saturated heterocycles. The molecule has 0 aliphatic carbocycles. The first-order valence-corrected chi connectivity index (χ1v) is 5.04. The van der Waals surface area contributed by atoms with Crippen LogP contribution >= 0.6 is 0 Å². The van der Waals surface area contributed by atoms with Crippen molar-refractivity contribution < 1.29 is 0 Å². The molecule has 2 heterocycles. The Morgan fingerprint density at radius 1 is 1.40 bits per heavy atom. The number of hydrogen-bond donors (Lipinski definition) is 0. The Kier molecular flexibility index (Phi) is 2.53. The van der Waals surface area contributed by atoms with Crippen LogP contribution in [-0.2, 0) is 13.6 Å². The van der Waals surface area contributed by atoms with E-state index in [2.05, 4.69) is 29.1 Å². The molecule has 2 rings (SSSR count). The van der Waals surface area contributed by atoms with Gasteiger partial charge in [-0.15, -0.1) is 10.2 Å². The Balaban J connectivity index is 2.32. The molecule has 80 valence electrons. The summed E-state index contributed by atoms with van der Waals surface area (Å²) in [4.78, 5) is 0. The minimum absolute atomic E-state index is 0.573. The highest BCUT2D eigenvalue weighted by Crippen LogP contribution is 2.14. The molecule has 0 aliphatic rings. The molecule has 5 nitrogen and oxygen atoms in total. The van der Waals surface area contributed by atoms with Crippen molar-refractivity contribution in [3.63, 3.8) is 0 Å². The van der Waals surface area contributed by atoms with Gasteiger partial charge in [0, 0.05) is 19.8 Å². The zero-order valence-corrected chi connectivity index (χ0v) is 9.25. The van der Waals surface area contributed by atoms with E-state index < -0.39 is 0 Å². The number of hydrogen-bond acceptors (Lipinski definition) is 3. The highest BCUT2D eigenvalue weighted by Gasteiger charge is 2.10. The van der Waals surface area contributed by atoms with Gasteiger partial charge < -0.3 is 4.57 Å². The Morgan fingerprint density at radius 2 is 2.20 bits per heavy atom. The molecule has 0 N–H and O–H groups in total. The lowest BCUT2D eigenvalue weighted by molar-refractivity contribution is 0.524. The van der Waals surface area contributed by atoms with E-state index in [0.29, 0.717) is 5.92 Å². The predicted molar refractivity (Wildman–Crippen MR) is 57.1 cm³/mol. The highest BCUT2D eigenvalue weighted by atomic mass is 15.3. The minimum atomic E-state index is 0.573. The number of nitrogens with zero attached hydrogens (tertiary/aromatic N) is 5. The molecule has 0 amide bonds. The van der Waals surface area contributed by atoms with E-state index in [0.717, 1.165) is 18.1 Å². The van der Waals surface area contributed by atoms with Crippen LogP contribution in [0, 0.1) is 5.92 Å². The van der Waals surface area contributed by atoms with Gasteiger partial charge >= 0.3 is 0 Å². The fraction of sp³-hybridized carbons (Fsp3) is 0.500. The van der Waals surface area contributed by atoms with Crippen LogP contribution in [-0.4, -0.2) is 24.5 Å². The first-order chi connectivity index (χ1) is 7.16. The fourth-order valence-corrected chi connectivity index (χ4v) is 1.51. The van der Waals surface area contributed by atoms with Crippen molar-refractivity contribution in [2.75, 3.05) is 0 Å². The third kappa shape index (κ3) is 2.06. The van der Waals surface area contributed by atoms with Crippen LogP contribution in [0.3, 0.4) is 0 Å². The van der Waals surface area contributed by atoms with Gasteiger partial charge in [-0.1, -0.05) is 13.8 Å². The Labute approximate surface area is 88.7 Å². The first kappa shape index (κ1) is 9.89. The molecule has 0 aliphatic heterocycles. The van der Waals surface area contributed by atoms with Crippen LogP contribution in [0.2, 0.25) is 0 Å². The lowest BCUT2D eigenvalue weighted by Crippen LogP contribution is -2.05. The van der Waals surface area contributed by atoms with Gasteiger partial charge in [0.05, 0.1) is 0 Å². The topological polar surface area (TPSA) is 48.5 Å². The monoisotopic (exact) mass is 205 g/mol. The molecule has 0 fully saturated rings. The minimum Gasteiger partial charge on any atom is -0.312 e. The van der Waals surface area contributed by atoms with Gasteiger partial charge in [-0.3, -0.25) is 4.68 Å². The molecule has 0 aromatic carbocycles. The van der Waals surface area contributed by atoms with Crippen LogP contribution in [0.15, 0.2) is 18.6 Å². The molecule has 5 heteroatoms. The second-order valence-electron chi connectivity index (χ2n) is 4.08. The summed E-state index contributed by atoms with van der Waals surface area (Å²) >= 11 is 0. The zero-order valence-electron chi connectivity index (χ0n) is 9.25. The molecular formula is C10H15N5. The van der Waals surface area contributed by atoms with Gasteiger partial charge in [0.1, 0.15) is 12.0 Å². The lowest BCUT2D eigenvalue weighted by Gasteiger charge is -2.06. The van der Waals surface area contributed by atoms with Crippen LogP contribution in [0.25, 0.3) is 11.5 Å². The molecule has 0 atom stereocenters. The maximum atomic E-state index is 4.31. The summed E-state index contributed by atoms with van der Waals surface area (Å²) in [5.41, 5.74) is 0.871. The molecule has 15 heavy (non-hydrogen) atoms. The summed E-state index contributed by atoms with van der Waals surface area (Å²) in [6.45, 7) is 5.25. The number of aryl methyl sites for hydroxylation is 1. The maximum Gasteiger partial charge on any atom is 0.184 e. The van der Waals surface area contributed by atoms with Crippen LogP contribution < -0.4 is 0 Å². The summed E-state index contributed by atoms with van der Waals surface area (Å²) in [6, 6.07) is 1.95. The lowest BCUT2D eigenvalue weighted by atomic mass is 10.2. The average Bonchev–Trinajstić information content (AvgIpc) is 2.72. The van der Waals surface area contributed by atoms with Crippen molar-refractivity contribution in [2.24, 2.45) is 13.0 Å². The van der Waals surface area contributed by atoms with Crippen molar-refractivity contribution in [1.29, 1.82) is 0 Å². The smallest absolute Gasteiger partial charge is 0.184 e. The molecule has 0 spiro atoms. The van der Waals surface area contributed by atoms with E-state index in [1.807, 2.05) is 23.9 Å². The molecule has 0 radical (unpaired) electrons. The Morgan fingerprint density at radius 3 is 2.80 bits per heavy atom. The van der Waals surface area contributed by atoms with Gasteiger partial charge in [0.25, 0.3) is 0 Å². The summed E-state index contributed by atoms with van der Waals surface area (Å²) < 4.78 is 3.80. The second kappa shape index (κ2) is 3.84. The van der Waals surface area contributed by atoms with Crippen molar-refractivity contribution in [1.82, 2.24) is 24.5 Å². The first-order valence-electron chi connectivity index (χ1n) is 5.04. The maximum absolute atomic E-state index is 4.31. The van der Waals surface area contributed by atoms with E-state index >= 15 is 0 Å². The normalized spacial score (nSPS) is 11.2. The third-order valence-corrected chi connectivity index (χ3v) is 2.12. The number of rotatable bonds is 3. The van der Waals surface area contributed by atoms with E-state index in [1.54, 1.807) is 11.0 Å². The van der Waals surface area contributed by atoms with Gasteiger partial charge in [0.15, 0.2) is 5.82 Å². The zero-order chi connectivity index (χ0) is 10.8. The van der Waals surface area contributed by atoms with Gasteiger partial charge in [-0.05, 0) is 12.0 Å². The third-order valence-electron chi connectivity index (χ3n) is 2.12. The summed E-state index contributed by atoms with van der Waals surface area (Å²) in [7, 11) is 1.90. The van der Waals surface area contributed by atoms with Gasteiger partial charge in [-0.2, -0.15) is 5.10 Å². The van der Waals surface area contributed by atoms with Crippen LogP contribution in [0.1, 0.15) is 13.8 Å². The highest BCUT2D eigenvalue weighted by molar-refractivity contribution is 5.47. The summed E-state index contributed by atoms with van der Waals surface area (Å²) in [5, 5.41) is 12.3. The fourth-order valence-electron chi connectivity index (χ4n) is 1.51. The molecule has 0 saturated carbocycles. The SMILES string of the molecule is CC(C)Cn1cnnc1-c1ccn(C)n1. The summed E-state index contributed by atoms with van der Waals surface area (Å²) in [5.74, 6) is 1.41. The van der Waals surface area contributed by atoms with Crippen molar-refractivity contribution in [3.05, 3.63) is 18.6 Å². The van der Waals surface area contributed by atoms with Crippen molar-refractivity contribution in [2.45, 2.75) is 20.4 Å². The predicted octanol–water partition coefficient (Wildman–Crippen LogP) is 1.33. The van der Waals surface area contributed by atoms with Crippen LogP contribution in [0.4, 0.5) is 0 Å². The molecule has 2 aromatic rings. The number of aromatic nitrogens is 5. The average molecular weight is 205 g/mol. The quantitative estimate of drug-likeness (QED) is 0.759. The van der Waals surface area contributed by atoms with E-state index in [-0.39, 0.29) is 0 Å². The van der Waals surface area contributed by atoms with Crippen LogP contribution in [0.5, 0.6) is 0 Å². The molecule has 2 aromatic heterocycles. The van der Waals surface area contributed by atoms with E-state index in [1.165, 1.54) is 0 Å². The van der Waals surface area contributed by atoms with E-state index in [9.17, 15) is 0 Å². The molecule has 0 bridgehead atoms. The molecule has 0 unspecified atom stereocenters. The largest absolute Gasteiger partial charge is 0.312 e. The molecular weight excluding hydrogens is 190 g/mol. The van der Waals surface area contributed by atoms with Crippen molar-refractivity contribution in [3.8, 4) is 11.5 Å². The summed E-state index contributed by atoms with van der Waals surface area (Å²) in [6.07, 6.45) is 3.66.